The maximum Gasteiger partial charge on any atom is 0.107 e. The number of nitrogens with zero attached hydrogens (tertiary/aromatic N) is 1. The molecule has 0 spiro atoms. The third-order valence-electron chi connectivity index (χ3n) is 2.47. The van der Waals surface area contributed by atoms with E-state index in [2.05, 4.69) is 4.98 Å². The Labute approximate surface area is 88.0 Å². The van der Waals surface area contributed by atoms with Crippen molar-refractivity contribution in [3.8, 4) is 0 Å². The number of aromatic nitrogens is 1. The van der Waals surface area contributed by atoms with Gasteiger partial charge < -0.3 is 10.2 Å². The van der Waals surface area contributed by atoms with Gasteiger partial charge >= 0.3 is 0 Å². The van der Waals surface area contributed by atoms with Crippen LogP contribution in [-0.2, 0) is 0 Å². The Kier molecular flexibility index (Phi) is 2.66. The molecule has 0 saturated carbocycles. The van der Waals surface area contributed by atoms with Crippen LogP contribution in [0.1, 0.15) is 18.6 Å². The Morgan fingerprint density at radius 1 is 1.13 bits per heavy atom. The average Bonchev–Trinajstić information content (AvgIpc) is 2.27. The lowest BCUT2D eigenvalue weighted by Crippen LogP contribution is -2.14. The summed E-state index contributed by atoms with van der Waals surface area (Å²) in [6, 6.07) is 7.67. The molecule has 2 unspecified atom stereocenters. The topological polar surface area (TPSA) is 53.4 Å². The number of benzene rings is 1. The second-order valence-electron chi connectivity index (χ2n) is 3.64. The van der Waals surface area contributed by atoms with Crippen LogP contribution in [0.5, 0.6) is 0 Å². The summed E-state index contributed by atoms with van der Waals surface area (Å²) < 4.78 is 0. The van der Waals surface area contributed by atoms with Gasteiger partial charge in [0.15, 0.2) is 0 Å². The Morgan fingerprint density at radius 2 is 1.87 bits per heavy atom. The summed E-state index contributed by atoms with van der Waals surface area (Å²) in [6.07, 6.45) is 1.66. The van der Waals surface area contributed by atoms with Crippen LogP contribution in [0.25, 0.3) is 10.8 Å². The summed E-state index contributed by atoms with van der Waals surface area (Å²) in [7, 11) is 0. The highest BCUT2D eigenvalue weighted by molar-refractivity contribution is 5.84. The van der Waals surface area contributed by atoms with Gasteiger partial charge in [0.2, 0.25) is 0 Å². The fraction of sp³-hybridized carbons (Fsp3) is 0.250. The van der Waals surface area contributed by atoms with Crippen LogP contribution in [0.4, 0.5) is 0 Å². The van der Waals surface area contributed by atoms with E-state index in [-0.39, 0.29) is 0 Å². The molecule has 2 N–H and O–H groups in total. The van der Waals surface area contributed by atoms with Gasteiger partial charge in [-0.1, -0.05) is 24.3 Å². The van der Waals surface area contributed by atoms with Crippen LogP contribution >= 0.6 is 0 Å². The van der Waals surface area contributed by atoms with E-state index in [1.165, 1.54) is 0 Å². The molecule has 2 rings (SSSR count). The number of hydrogen-bond acceptors (Lipinski definition) is 3. The van der Waals surface area contributed by atoms with Crippen LogP contribution in [-0.4, -0.2) is 21.3 Å². The summed E-state index contributed by atoms with van der Waals surface area (Å²) >= 11 is 0. The minimum Gasteiger partial charge on any atom is -0.390 e. The molecule has 1 aromatic carbocycles. The molecule has 0 aliphatic rings. The molecule has 0 radical (unpaired) electrons. The van der Waals surface area contributed by atoms with E-state index >= 15 is 0 Å². The van der Waals surface area contributed by atoms with Gasteiger partial charge in [-0.3, -0.25) is 4.98 Å². The molecule has 3 nitrogen and oxygen atoms in total. The molecule has 2 aromatic rings. The van der Waals surface area contributed by atoms with Gasteiger partial charge in [-0.2, -0.15) is 0 Å². The van der Waals surface area contributed by atoms with Crippen molar-refractivity contribution >= 4 is 10.8 Å². The zero-order valence-electron chi connectivity index (χ0n) is 8.46. The summed E-state index contributed by atoms with van der Waals surface area (Å²) in [5.74, 6) is 0. The predicted octanol–water partition coefficient (Wildman–Crippen LogP) is 1.65. The van der Waals surface area contributed by atoms with Crippen molar-refractivity contribution in [2.45, 2.75) is 19.1 Å². The summed E-state index contributed by atoms with van der Waals surface area (Å²) in [4.78, 5) is 4.05. The van der Waals surface area contributed by atoms with Crippen molar-refractivity contribution in [3.63, 3.8) is 0 Å². The van der Waals surface area contributed by atoms with Crippen LogP contribution in [0, 0.1) is 0 Å². The third kappa shape index (κ3) is 1.84. The van der Waals surface area contributed by atoms with Crippen molar-refractivity contribution < 1.29 is 10.2 Å². The first-order valence-electron chi connectivity index (χ1n) is 4.89. The van der Waals surface area contributed by atoms with E-state index in [0.717, 1.165) is 10.8 Å². The van der Waals surface area contributed by atoms with E-state index < -0.39 is 12.2 Å². The van der Waals surface area contributed by atoms with Crippen LogP contribution < -0.4 is 0 Å². The number of pyridine rings is 1. The molecule has 3 heteroatoms. The maximum absolute atomic E-state index is 9.81. The van der Waals surface area contributed by atoms with Crippen LogP contribution in [0.3, 0.4) is 0 Å². The van der Waals surface area contributed by atoms with Gasteiger partial charge in [0, 0.05) is 23.3 Å². The second-order valence-corrected chi connectivity index (χ2v) is 3.64. The molecule has 0 fully saturated rings. The zero-order chi connectivity index (χ0) is 10.8. The van der Waals surface area contributed by atoms with Crippen molar-refractivity contribution in [1.82, 2.24) is 4.98 Å². The van der Waals surface area contributed by atoms with Gasteiger partial charge in [-0.25, -0.2) is 0 Å². The maximum atomic E-state index is 9.81. The number of fused-ring (bicyclic) bond motifs is 1. The monoisotopic (exact) mass is 203 g/mol. The summed E-state index contributed by atoms with van der Waals surface area (Å²) in [5, 5.41) is 21.1. The molecule has 2 atom stereocenters. The van der Waals surface area contributed by atoms with Crippen molar-refractivity contribution in [3.05, 3.63) is 42.2 Å². The van der Waals surface area contributed by atoms with Crippen molar-refractivity contribution in [1.29, 1.82) is 0 Å². The van der Waals surface area contributed by atoms with Crippen molar-refractivity contribution in [2.24, 2.45) is 0 Å². The lowest BCUT2D eigenvalue weighted by molar-refractivity contribution is 0.0312. The lowest BCUT2D eigenvalue weighted by atomic mass is 10.0. The number of aliphatic hydroxyl groups excluding tert-OH is 2. The van der Waals surface area contributed by atoms with E-state index in [0.29, 0.717) is 5.56 Å². The first-order valence-corrected chi connectivity index (χ1v) is 4.89. The third-order valence-corrected chi connectivity index (χ3v) is 2.47. The molecule has 0 amide bonds. The lowest BCUT2D eigenvalue weighted by Gasteiger charge is -2.15. The second kappa shape index (κ2) is 3.96. The molecular weight excluding hydrogens is 190 g/mol. The van der Waals surface area contributed by atoms with Gasteiger partial charge in [-0.15, -0.1) is 0 Å². The highest BCUT2D eigenvalue weighted by atomic mass is 16.3. The molecule has 1 aromatic heterocycles. The Bertz CT molecular complexity index is 463. The molecule has 78 valence electrons. The van der Waals surface area contributed by atoms with Gasteiger partial charge in [0.25, 0.3) is 0 Å². The number of aliphatic hydroxyl groups is 2. The van der Waals surface area contributed by atoms with E-state index in [1.54, 1.807) is 19.3 Å². The van der Waals surface area contributed by atoms with Gasteiger partial charge in [0.05, 0.1) is 6.10 Å². The number of hydrogen-bond donors (Lipinski definition) is 2. The fourth-order valence-electron chi connectivity index (χ4n) is 1.64. The summed E-state index contributed by atoms with van der Waals surface area (Å²) in [6.45, 7) is 1.56. The predicted molar refractivity (Wildman–Crippen MR) is 58.4 cm³/mol. The molecule has 0 aliphatic heterocycles. The van der Waals surface area contributed by atoms with E-state index in [4.69, 9.17) is 0 Å². The minimum absolute atomic E-state index is 0.670. The smallest absolute Gasteiger partial charge is 0.107 e. The standard InChI is InChI=1S/C12H13NO2/c1-8(14)12(15)11-7-13-6-9-4-2-3-5-10(9)11/h2-8,12,14-15H,1H3. The minimum atomic E-state index is -0.886. The molecule has 0 aliphatic carbocycles. The quantitative estimate of drug-likeness (QED) is 0.780. The van der Waals surface area contributed by atoms with Gasteiger partial charge in [0.1, 0.15) is 6.10 Å². The Hall–Kier alpha value is -1.45. The first-order chi connectivity index (χ1) is 7.20. The molecular formula is C12H13NO2. The zero-order valence-corrected chi connectivity index (χ0v) is 8.46. The molecule has 1 heterocycles. The normalized spacial score (nSPS) is 15.1. The Balaban J connectivity index is 2.60. The molecule has 0 bridgehead atoms. The molecule has 15 heavy (non-hydrogen) atoms. The fourth-order valence-corrected chi connectivity index (χ4v) is 1.64. The van der Waals surface area contributed by atoms with Crippen LogP contribution in [0.2, 0.25) is 0 Å². The first kappa shape index (κ1) is 10.1. The average molecular weight is 203 g/mol. The largest absolute Gasteiger partial charge is 0.390 e. The van der Waals surface area contributed by atoms with E-state index in [9.17, 15) is 10.2 Å². The van der Waals surface area contributed by atoms with Gasteiger partial charge in [-0.05, 0) is 12.3 Å². The van der Waals surface area contributed by atoms with Crippen LogP contribution in [0.15, 0.2) is 36.7 Å². The van der Waals surface area contributed by atoms with Crippen molar-refractivity contribution in [2.75, 3.05) is 0 Å². The number of rotatable bonds is 2. The molecule has 0 saturated heterocycles. The Morgan fingerprint density at radius 3 is 2.60 bits per heavy atom. The SMILES string of the molecule is CC(O)C(O)c1cncc2ccccc12. The highest BCUT2D eigenvalue weighted by Crippen LogP contribution is 2.24. The summed E-state index contributed by atoms with van der Waals surface area (Å²) in [5.41, 5.74) is 0.670. The highest BCUT2D eigenvalue weighted by Gasteiger charge is 2.16. The van der Waals surface area contributed by atoms with E-state index in [1.807, 2.05) is 24.3 Å².